The number of hydrogen-bond acceptors (Lipinski definition) is 4. The fourth-order valence-corrected chi connectivity index (χ4v) is 3.31. The highest BCUT2D eigenvalue weighted by Crippen LogP contribution is 2.26. The second-order valence-corrected chi connectivity index (χ2v) is 6.36. The lowest BCUT2D eigenvalue weighted by atomic mass is 10.3. The van der Waals surface area contributed by atoms with Gasteiger partial charge in [-0.05, 0) is 31.0 Å². The van der Waals surface area contributed by atoms with Crippen LogP contribution >= 0.6 is 11.6 Å². The monoisotopic (exact) mass is 291 g/mol. The van der Waals surface area contributed by atoms with Gasteiger partial charge in [0.2, 0.25) is 10.0 Å². The molecule has 0 spiro atoms. The summed E-state index contributed by atoms with van der Waals surface area (Å²) in [6, 6.07) is 4.16. The number of halogens is 1. The zero-order valence-corrected chi connectivity index (χ0v) is 11.2. The molecule has 1 saturated heterocycles. The number of phenolic OH excluding ortho intramolecular Hbond substituents is 1. The second-order valence-electron chi connectivity index (χ2n) is 4.18. The summed E-state index contributed by atoms with van der Waals surface area (Å²) in [4.78, 5) is 0. The Morgan fingerprint density at radius 1 is 1.50 bits per heavy atom. The van der Waals surface area contributed by atoms with E-state index in [1.54, 1.807) is 0 Å². The third kappa shape index (κ3) is 3.51. The SMILES string of the molecule is O=S(=O)(CC1CCCO1)Nc1ccc(O)c(Cl)c1. The van der Waals surface area contributed by atoms with Gasteiger partial charge in [-0.2, -0.15) is 0 Å². The van der Waals surface area contributed by atoms with E-state index in [2.05, 4.69) is 4.72 Å². The predicted octanol–water partition coefficient (Wildman–Crippen LogP) is 1.97. The van der Waals surface area contributed by atoms with Crippen LogP contribution in [0.15, 0.2) is 18.2 Å². The van der Waals surface area contributed by atoms with Crippen molar-refractivity contribution in [3.8, 4) is 5.75 Å². The summed E-state index contributed by atoms with van der Waals surface area (Å²) < 4.78 is 31.4. The number of aromatic hydroxyl groups is 1. The van der Waals surface area contributed by atoms with Gasteiger partial charge >= 0.3 is 0 Å². The number of ether oxygens (including phenoxy) is 1. The molecule has 0 amide bonds. The molecule has 0 aromatic heterocycles. The molecule has 0 bridgehead atoms. The quantitative estimate of drug-likeness (QED) is 0.832. The number of hydrogen-bond donors (Lipinski definition) is 2. The topological polar surface area (TPSA) is 75.6 Å². The highest BCUT2D eigenvalue weighted by molar-refractivity contribution is 7.92. The third-order valence-electron chi connectivity index (χ3n) is 2.65. The van der Waals surface area contributed by atoms with Crippen molar-refractivity contribution in [1.29, 1.82) is 0 Å². The van der Waals surface area contributed by atoms with Crippen LogP contribution in [-0.2, 0) is 14.8 Å². The minimum absolute atomic E-state index is 0.0640. The van der Waals surface area contributed by atoms with Crippen LogP contribution in [0, 0.1) is 0 Å². The first-order chi connectivity index (χ1) is 8.46. The molecule has 100 valence electrons. The molecule has 1 heterocycles. The first-order valence-corrected chi connectivity index (χ1v) is 7.60. The number of rotatable bonds is 4. The third-order valence-corrected chi connectivity index (χ3v) is 4.31. The minimum atomic E-state index is -3.46. The Labute approximate surface area is 111 Å². The van der Waals surface area contributed by atoms with Gasteiger partial charge in [0.15, 0.2) is 0 Å². The molecule has 5 nitrogen and oxygen atoms in total. The molecule has 1 unspecified atom stereocenters. The van der Waals surface area contributed by atoms with E-state index in [4.69, 9.17) is 16.3 Å². The molecule has 1 aromatic rings. The Balaban J connectivity index is 2.04. The number of phenols is 1. The molecular formula is C11H14ClNO4S. The average molecular weight is 292 g/mol. The van der Waals surface area contributed by atoms with Crippen LogP contribution in [0.5, 0.6) is 5.75 Å². The van der Waals surface area contributed by atoms with Crippen molar-refractivity contribution in [3.63, 3.8) is 0 Å². The molecular weight excluding hydrogens is 278 g/mol. The van der Waals surface area contributed by atoms with Crippen molar-refractivity contribution < 1.29 is 18.3 Å². The van der Waals surface area contributed by atoms with E-state index in [9.17, 15) is 13.5 Å². The fraction of sp³-hybridized carbons (Fsp3) is 0.455. The first kappa shape index (κ1) is 13.5. The Kier molecular flexibility index (Phi) is 3.99. The van der Waals surface area contributed by atoms with E-state index in [1.165, 1.54) is 18.2 Å². The van der Waals surface area contributed by atoms with E-state index < -0.39 is 10.0 Å². The summed E-state index contributed by atoms with van der Waals surface area (Å²) in [6.07, 6.45) is 1.41. The lowest BCUT2D eigenvalue weighted by Gasteiger charge is -2.12. The summed E-state index contributed by atoms with van der Waals surface area (Å²) in [5.41, 5.74) is 0.329. The van der Waals surface area contributed by atoms with Crippen LogP contribution in [0.25, 0.3) is 0 Å². The van der Waals surface area contributed by atoms with E-state index in [0.29, 0.717) is 12.3 Å². The van der Waals surface area contributed by atoms with Gasteiger partial charge in [-0.15, -0.1) is 0 Å². The highest BCUT2D eigenvalue weighted by atomic mass is 35.5. The largest absolute Gasteiger partial charge is 0.506 e. The molecule has 0 radical (unpaired) electrons. The summed E-state index contributed by atoms with van der Waals surface area (Å²) >= 11 is 5.70. The standard InChI is InChI=1S/C11H14ClNO4S/c12-10-6-8(3-4-11(10)14)13-18(15,16)7-9-2-1-5-17-9/h3-4,6,9,13-14H,1-2,5,7H2. The Morgan fingerprint density at radius 2 is 2.28 bits per heavy atom. The van der Waals surface area contributed by atoms with E-state index in [1.807, 2.05) is 0 Å². The van der Waals surface area contributed by atoms with Crippen molar-refractivity contribution >= 4 is 27.3 Å². The Bertz CT molecular complexity index is 526. The van der Waals surface area contributed by atoms with Crippen molar-refractivity contribution in [2.75, 3.05) is 17.1 Å². The van der Waals surface area contributed by atoms with Crippen LogP contribution in [0.4, 0.5) is 5.69 Å². The molecule has 1 aliphatic rings. The van der Waals surface area contributed by atoms with Crippen LogP contribution in [0.1, 0.15) is 12.8 Å². The van der Waals surface area contributed by atoms with Gasteiger partial charge in [-0.3, -0.25) is 4.72 Å². The zero-order valence-electron chi connectivity index (χ0n) is 9.60. The van der Waals surface area contributed by atoms with Gasteiger partial charge in [0, 0.05) is 6.61 Å². The Hall–Kier alpha value is -0.980. The van der Waals surface area contributed by atoms with Crippen LogP contribution in [0.3, 0.4) is 0 Å². The minimum Gasteiger partial charge on any atom is -0.506 e. The van der Waals surface area contributed by atoms with Crippen LogP contribution in [0.2, 0.25) is 5.02 Å². The first-order valence-electron chi connectivity index (χ1n) is 5.57. The van der Waals surface area contributed by atoms with Gasteiger partial charge < -0.3 is 9.84 Å². The summed E-state index contributed by atoms with van der Waals surface area (Å²) in [6.45, 7) is 0.616. The maximum Gasteiger partial charge on any atom is 0.235 e. The number of nitrogens with one attached hydrogen (secondary N) is 1. The van der Waals surface area contributed by atoms with Gasteiger partial charge in [0.25, 0.3) is 0 Å². The predicted molar refractivity (Wildman–Crippen MR) is 69.5 cm³/mol. The maximum atomic E-state index is 11.9. The van der Waals surface area contributed by atoms with Crippen LogP contribution in [-0.4, -0.2) is 32.0 Å². The zero-order chi connectivity index (χ0) is 13.2. The molecule has 0 aliphatic carbocycles. The summed E-state index contributed by atoms with van der Waals surface area (Å²) in [5.74, 6) is -0.148. The van der Waals surface area contributed by atoms with Gasteiger partial charge in [0.1, 0.15) is 5.75 Å². The molecule has 1 aliphatic heterocycles. The molecule has 1 atom stereocenters. The molecule has 7 heteroatoms. The lowest BCUT2D eigenvalue weighted by Crippen LogP contribution is -2.25. The lowest BCUT2D eigenvalue weighted by molar-refractivity contribution is 0.127. The van der Waals surface area contributed by atoms with Crippen molar-refractivity contribution in [3.05, 3.63) is 23.2 Å². The van der Waals surface area contributed by atoms with Crippen LogP contribution < -0.4 is 4.72 Å². The van der Waals surface area contributed by atoms with Gasteiger partial charge in [-0.1, -0.05) is 11.6 Å². The normalized spacial score (nSPS) is 19.9. The maximum absolute atomic E-state index is 11.9. The highest BCUT2D eigenvalue weighted by Gasteiger charge is 2.23. The van der Waals surface area contributed by atoms with Gasteiger partial charge in [0.05, 0.1) is 22.6 Å². The summed E-state index contributed by atoms with van der Waals surface area (Å²) in [5, 5.41) is 9.35. The average Bonchev–Trinajstić information content (AvgIpc) is 2.75. The summed E-state index contributed by atoms with van der Waals surface area (Å²) in [7, 11) is -3.46. The van der Waals surface area contributed by atoms with Gasteiger partial charge in [-0.25, -0.2) is 8.42 Å². The van der Waals surface area contributed by atoms with E-state index in [0.717, 1.165) is 12.8 Å². The second kappa shape index (κ2) is 5.34. The van der Waals surface area contributed by atoms with E-state index in [-0.39, 0.29) is 22.6 Å². The fourth-order valence-electron chi connectivity index (χ4n) is 1.81. The molecule has 2 N–H and O–H groups in total. The van der Waals surface area contributed by atoms with Crippen molar-refractivity contribution in [2.45, 2.75) is 18.9 Å². The van der Waals surface area contributed by atoms with E-state index >= 15 is 0 Å². The number of benzene rings is 1. The molecule has 0 saturated carbocycles. The Morgan fingerprint density at radius 3 is 2.89 bits per heavy atom. The number of sulfonamides is 1. The molecule has 1 fully saturated rings. The van der Waals surface area contributed by atoms with Crippen molar-refractivity contribution in [2.24, 2.45) is 0 Å². The molecule has 2 rings (SSSR count). The van der Waals surface area contributed by atoms with Crippen molar-refractivity contribution in [1.82, 2.24) is 0 Å². The smallest absolute Gasteiger partial charge is 0.235 e. The molecule has 18 heavy (non-hydrogen) atoms. The molecule has 1 aromatic carbocycles. The number of anilines is 1.